The van der Waals surface area contributed by atoms with E-state index in [2.05, 4.69) is 25.9 Å². The molecule has 1 aliphatic heterocycles. The Morgan fingerprint density at radius 2 is 1.39 bits per heavy atom. The smallest absolute Gasteiger partial charge is 0.267 e. The first-order valence-electron chi connectivity index (χ1n) is 7.50. The number of amides is 2. The van der Waals surface area contributed by atoms with E-state index in [0.29, 0.717) is 11.1 Å². The van der Waals surface area contributed by atoms with Crippen LogP contribution >= 0.6 is 0 Å². The summed E-state index contributed by atoms with van der Waals surface area (Å²) in [6.45, 7) is 6.44. The van der Waals surface area contributed by atoms with Gasteiger partial charge in [0.05, 0.1) is 17.3 Å². The number of hydrogen-bond donors (Lipinski definition) is 0. The molecule has 2 aromatic rings. The van der Waals surface area contributed by atoms with Gasteiger partial charge in [-0.1, -0.05) is 57.2 Å². The predicted molar refractivity (Wildman–Crippen MR) is 89.7 cm³/mol. The van der Waals surface area contributed by atoms with Gasteiger partial charge in [0.1, 0.15) is 0 Å². The summed E-state index contributed by atoms with van der Waals surface area (Å²) in [4.78, 5) is 24.4. The van der Waals surface area contributed by atoms with Crippen LogP contribution in [-0.4, -0.2) is 23.0 Å². The molecule has 2 amide bonds. The van der Waals surface area contributed by atoms with Gasteiger partial charge in [-0.15, -0.1) is 0 Å². The van der Waals surface area contributed by atoms with Crippen molar-refractivity contribution in [3.8, 4) is 0 Å². The number of carbonyl (C=O) groups excluding carboxylic acids is 2. The molecule has 2 aromatic carbocycles. The monoisotopic (exact) mass is 306 g/mol. The largest absolute Gasteiger partial charge is 0.282 e. The molecule has 0 spiro atoms. The molecule has 0 radical (unpaired) electrons. The second-order valence-corrected chi connectivity index (χ2v) is 6.58. The van der Waals surface area contributed by atoms with Crippen LogP contribution in [0.3, 0.4) is 0 Å². The summed E-state index contributed by atoms with van der Waals surface area (Å²) in [5, 5.41) is 4.99. The summed E-state index contributed by atoms with van der Waals surface area (Å²) < 4.78 is 0. The highest BCUT2D eigenvalue weighted by Crippen LogP contribution is 2.23. The molecule has 0 aliphatic carbocycles. The number of hydrogen-bond acceptors (Lipinski definition) is 3. The number of hydrazone groups is 1. The van der Waals surface area contributed by atoms with Crippen LogP contribution in [-0.2, 0) is 5.41 Å². The van der Waals surface area contributed by atoms with Crippen molar-refractivity contribution in [2.24, 2.45) is 5.10 Å². The Kier molecular flexibility index (Phi) is 3.60. The van der Waals surface area contributed by atoms with Gasteiger partial charge >= 0.3 is 0 Å². The maximum absolute atomic E-state index is 12.2. The molecule has 0 bridgehead atoms. The Labute approximate surface area is 135 Å². The van der Waals surface area contributed by atoms with Crippen LogP contribution in [0.1, 0.15) is 52.6 Å². The van der Waals surface area contributed by atoms with Gasteiger partial charge in [0.25, 0.3) is 11.8 Å². The Morgan fingerprint density at radius 3 is 1.87 bits per heavy atom. The second-order valence-electron chi connectivity index (χ2n) is 6.58. The van der Waals surface area contributed by atoms with Crippen molar-refractivity contribution < 1.29 is 9.59 Å². The van der Waals surface area contributed by atoms with Gasteiger partial charge in [-0.05, 0) is 28.7 Å². The van der Waals surface area contributed by atoms with Gasteiger partial charge in [0.15, 0.2) is 0 Å². The maximum Gasteiger partial charge on any atom is 0.282 e. The molecule has 0 N–H and O–H groups in total. The predicted octanol–water partition coefficient (Wildman–Crippen LogP) is 3.61. The van der Waals surface area contributed by atoms with E-state index in [9.17, 15) is 9.59 Å². The van der Waals surface area contributed by atoms with Crippen molar-refractivity contribution in [3.63, 3.8) is 0 Å². The molecule has 23 heavy (non-hydrogen) atoms. The Morgan fingerprint density at radius 1 is 0.870 bits per heavy atom. The highest BCUT2D eigenvalue weighted by molar-refractivity contribution is 6.21. The first-order chi connectivity index (χ1) is 10.9. The summed E-state index contributed by atoms with van der Waals surface area (Å²) in [6, 6.07) is 14.7. The lowest BCUT2D eigenvalue weighted by molar-refractivity contribution is 0.0660. The molecule has 1 aliphatic rings. The van der Waals surface area contributed by atoms with Crippen LogP contribution in [0, 0.1) is 0 Å². The van der Waals surface area contributed by atoms with Gasteiger partial charge < -0.3 is 0 Å². The molecule has 0 saturated carbocycles. The summed E-state index contributed by atoms with van der Waals surface area (Å²) in [5.41, 5.74) is 2.94. The zero-order valence-electron chi connectivity index (χ0n) is 13.4. The van der Waals surface area contributed by atoms with Gasteiger partial charge in [-0.25, -0.2) is 0 Å². The number of nitrogens with zero attached hydrogens (tertiary/aromatic N) is 2. The van der Waals surface area contributed by atoms with E-state index in [1.165, 1.54) is 11.8 Å². The normalized spacial score (nSPS) is 14.7. The number of imide groups is 1. The second kappa shape index (κ2) is 5.47. The van der Waals surface area contributed by atoms with Gasteiger partial charge in [0.2, 0.25) is 0 Å². The molecule has 116 valence electrons. The van der Waals surface area contributed by atoms with E-state index in [4.69, 9.17) is 0 Å². The van der Waals surface area contributed by atoms with Gasteiger partial charge in [-0.2, -0.15) is 10.1 Å². The Balaban J connectivity index is 1.82. The molecule has 0 aromatic heterocycles. The van der Waals surface area contributed by atoms with E-state index >= 15 is 0 Å². The minimum absolute atomic E-state index is 0.0815. The zero-order valence-corrected chi connectivity index (χ0v) is 13.4. The van der Waals surface area contributed by atoms with Crippen LogP contribution in [0.4, 0.5) is 0 Å². The zero-order chi connectivity index (χ0) is 16.6. The average molecular weight is 306 g/mol. The van der Waals surface area contributed by atoms with Crippen molar-refractivity contribution in [1.82, 2.24) is 5.01 Å². The Bertz CT molecular complexity index is 764. The number of carbonyl (C=O) groups is 2. The van der Waals surface area contributed by atoms with Crippen molar-refractivity contribution in [2.75, 3.05) is 0 Å². The van der Waals surface area contributed by atoms with Gasteiger partial charge in [-0.3, -0.25) is 9.59 Å². The van der Waals surface area contributed by atoms with Crippen LogP contribution in [0.15, 0.2) is 53.6 Å². The SMILES string of the molecule is CC(C)(C)c1ccc(/C=N\N2C(=O)c3ccccc3C2=O)cc1. The number of rotatable bonds is 2. The molecule has 0 fully saturated rings. The van der Waals surface area contributed by atoms with Crippen LogP contribution in [0.2, 0.25) is 0 Å². The highest BCUT2D eigenvalue weighted by Gasteiger charge is 2.35. The minimum atomic E-state index is -0.381. The summed E-state index contributed by atoms with van der Waals surface area (Å²) >= 11 is 0. The topological polar surface area (TPSA) is 49.7 Å². The van der Waals surface area contributed by atoms with Crippen molar-refractivity contribution in [3.05, 3.63) is 70.8 Å². The van der Waals surface area contributed by atoms with Gasteiger partial charge in [0, 0.05) is 0 Å². The molecule has 4 nitrogen and oxygen atoms in total. The lowest BCUT2D eigenvalue weighted by Crippen LogP contribution is -2.24. The molecule has 0 saturated heterocycles. The average Bonchev–Trinajstić information content (AvgIpc) is 2.77. The molecular weight excluding hydrogens is 288 g/mol. The third-order valence-electron chi connectivity index (χ3n) is 3.87. The van der Waals surface area contributed by atoms with Crippen molar-refractivity contribution >= 4 is 18.0 Å². The Hall–Kier alpha value is -2.75. The van der Waals surface area contributed by atoms with Crippen LogP contribution in [0.5, 0.6) is 0 Å². The van der Waals surface area contributed by atoms with E-state index in [0.717, 1.165) is 10.6 Å². The van der Waals surface area contributed by atoms with Crippen LogP contribution in [0.25, 0.3) is 0 Å². The lowest BCUT2D eigenvalue weighted by Gasteiger charge is -2.18. The van der Waals surface area contributed by atoms with Crippen LogP contribution < -0.4 is 0 Å². The van der Waals surface area contributed by atoms with E-state index in [-0.39, 0.29) is 17.2 Å². The van der Waals surface area contributed by atoms with Crippen molar-refractivity contribution in [1.29, 1.82) is 0 Å². The summed E-state index contributed by atoms with van der Waals surface area (Å²) in [6.07, 6.45) is 1.54. The maximum atomic E-state index is 12.2. The van der Waals surface area contributed by atoms with E-state index in [1.807, 2.05) is 24.3 Å². The lowest BCUT2D eigenvalue weighted by atomic mass is 9.87. The molecule has 1 heterocycles. The summed E-state index contributed by atoms with van der Waals surface area (Å²) in [5.74, 6) is -0.763. The molecule has 0 atom stereocenters. The fourth-order valence-corrected chi connectivity index (χ4v) is 2.47. The minimum Gasteiger partial charge on any atom is -0.267 e. The fraction of sp³-hybridized carbons (Fsp3) is 0.211. The molecular formula is C19H18N2O2. The first-order valence-corrected chi connectivity index (χ1v) is 7.50. The standard InChI is InChI=1S/C19H18N2O2/c1-19(2,3)14-10-8-13(9-11-14)12-20-21-17(22)15-6-4-5-7-16(15)18(21)23/h4-12H,1-3H3/b20-12-. The first kappa shape index (κ1) is 15.2. The molecule has 3 rings (SSSR count). The number of benzene rings is 2. The summed E-state index contributed by atoms with van der Waals surface area (Å²) in [7, 11) is 0. The highest BCUT2D eigenvalue weighted by atomic mass is 16.2. The van der Waals surface area contributed by atoms with Crippen molar-refractivity contribution in [2.45, 2.75) is 26.2 Å². The van der Waals surface area contributed by atoms with E-state index in [1.54, 1.807) is 24.3 Å². The quantitative estimate of drug-likeness (QED) is 0.628. The third-order valence-corrected chi connectivity index (χ3v) is 3.87. The molecule has 0 unspecified atom stereocenters. The molecule has 4 heteroatoms. The fourth-order valence-electron chi connectivity index (χ4n) is 2.47. The third kappa shape index (κ3) is 2.80. The van der Waals surface area contributed by atoms with E-state index < -0.39 is 0 Å². The number of fused-ring (bicyclic) bond motifs is 1.